The van der Waals surface area contributed by atoms with E-state index in [4.69, 9.17) is 11.1 Å². The van der Waals surface area contributed by atoms with Gasteiger partial charge in [0.1, 0.15) is 0 Å². The minimum Gasteiger partial charge on any atom is -0.379 e. The lowest BCUT2D eigenvalue weighted by atomic mass is 9.78. The second kappa shape index (κ2) is 5.76. The Kier molecular flexibility index (Phi) is 4.31. The maximum Gasteiger partial charge on any atom is 0.233 e. The average Bonchev–Trinajstić information content (AvgIpc) is 2.35. The molecule has 0 spiro atoms. The number of hydrogen-bond acceptors (Lipinski definition) is 3. The van der Waals surface area contributed by atoms with Crippen LogP contribution in [0.5, 0.6) is 0 Å². The van der Waals surface area contributed by atoms with Gasteiger partial charge in [0.2, 0.25) is 5.91 Å². The smallest absolute Gasteiger partial charge is 0.233 e. The first kappa shape index (κ1) is 12.7. The molecule has 1 saturated heterocycles. The monoisotopic (exact) mass is 255 g/mol. The molecule has 0 bridgehead atoms. The largest absolute Gasteiger partial charge is 0.379 e. The van der Waals surface area contributed by atoms with Crippen LogP contribution in [0.1, 0.15) is 38.5 Å². The normalized spacial score (nSPS) is 28.6. The SMILES string of the molecule is N=C(N)SCC(=O)N1CCCC2CCCCC21. The molecule has 5 heteroatoms. The van der Waals surface area contributed by atoms with Crippen LogP contribution in [0.2, 0.25) is 0 Å². The van der Waals surface area contributed by atoms with Gasteiger partial charge in [0.25, 0.3) is 0 Å². The van der Waals surface area contributed by atoms with Crippen molar-refractivity contribution < 1.29 is 4.79 Å². The summed E-state index contributed by atoms with van der Waals surface area (Å²) in [6.45, 7) is 0.901. The molecule has 2 unspecified atom stereocenters. The molecule has 1 aliphatic heterocycles. The van der Waals surface area contributed by atoms with E-state index >= 15 is 0 Å². The fourth-order valence-corrected chi connectivity index (χ4v) is 3.60. The number of fused-ring (bicyclic) bond motifs is 1. The Balaban J connectivity index is 1.93. The van der Waals surface area contributed by atoms with Gasteiger partial charge in [-0.05, 0) is 31.6 Å². The number of likely N-dealkylation sites (tertiary alicyclic amines) is 1. The van der Waals surface area contributed by atoms with Crippen molar-refractivity contribution in [1.82, 2.24) is 4.90 Å². The molecule has 2 atom stereocenters. The zero-order chi connectivity index (χ0) is 12.3. The highest BCUT2D eigenvalue weighted by molar-refractivity contribution is 8.14. The maximum atomic E-state index is 12.1. The Morgan fingerprint density at radius 2 is 2.00 bits per heavy atom. The molecule has 17 heavy (non-hydrogen) atoms. The molecule has 2 fully saturated rings. The molecule has 0 aromatic carbocycles. The lowest BCUT2D eigenvalue weighted by molar-refractivity contribution is -0.134. The average molecular weight is 255 g/mol. The number of nitrogens with two attached hydrogens (primary N) is 1. The fraction of sp³-hybridized carbons (Fsp3) is 0.833. The van der Waals surface area contributed by atoms with Crippen molar-refractivity contribution in [2.24, 2.45) is 11.7 Å². The predicted octanol–water partition coefficient (Wildman–Crippen LogP) is 1.79. The van der Waals surface area contributed by atoms with Gasteiger partial charge in [-0.1, -0.05) is 24.6 Å². The number of amidine groups is 1. The lowest BCUT2D eigenvalue weighted by Gasteiger charge is -2.44. The number of piperidine rings is 1. The van der Waals surface area contributed by atoms with Crippen LogP contribution in [0, 0.1) is 11.3 Å². The van der Waals surface area contributed by atoms with Gasteiger partial charge in [0.05, 0.1) is 5.75 Å². The number of nitrogens with zero attached hydrogens (tertiary/aromatic N) is 1. The van der Waals surface area contributed by atoms with Crippen LogP contribution >= 0.6 is 11.8 Å². The number of rotatable bonds is 2. The highest BCUT2D eigenvalue weighted by Gasteiger charge is 2.35. The molecule has 1 aliphatic carbocycles. The van der Waals surface area contributed by atoms with Gasteiger partial charge < -0.3 is 10.6 Å². The van der Waals surface area contributed by atoms with E-state index in [0.29, 0.717) is 11.8 Å². The molecule has 0 aromatic rings. The van der Waals surface area contributed by atoms with Crippen LogP contribution in [0.4, 0.5) is 0 Å². The van der Waals surface area contributed by atoms with Crippen LogP contribution < -0.4 is 5.73 Å². The Labute approximate surface area is 107 Å². The summed E-state index contributed by atoms with van der Waals surface area (Å²) >= 11 is 1.14. The predicted molar refractivity (Wildman–Crippen MR) is 71.1 cm³/mol. The number of amides is 1. The highest BCUT2D eigenvalue weighted by Crippen LogP contribution is 2.35. The minimum absolute atomic E-state index is 0.0375. The van der Waals surface area contributed by atoms with Crippen LogP contribution in [0.25, 0.3) is 0 Å². The molecule has 3 N–H and O–H groups in total. The van der Waals surface area contributed by atoms with Crippen LogP contribution in [-0.4, -0.2) is 34.3 Å². The van der Waals surface area contributed by atoms with Gasteiger partial charge in [-0.2, -0.15) is 0 Å². The Morgan fingerprint density at radius 1 is 1.29 bits per heavy atom. The zero-order valence-corrected chi connectivity index (χ0v) is 11.0. The Hall–Kier alpha value is -0.710. The van der Waals surface area contributed by atoms with Crippen molar-refractivity contribution in [3.63, 3.8) is 0 Å². The summed E-state index contributed by atoms with van der Waals surface area (Å²) < 4.78 is 0. The van der Waals surface area contributed by atoms with Crippen molar-refractivity contribution >= 4 is 22.8 Å². The van der Waals surface area contributed by atoms with E-state index in [-0.39, 0.29) is 11.1 Å². The third kappa shape index (κ3) is 3.15. The third-order valence-electron chi connectivity index (χ3n) is 3.91. The van der Waals surface area contributed by atoms with Crippen LogP contribution in [0.15, 0.2) is 0 Å². The van der Waals surface area contributed by atoms with Crippen LogP contribution in [-0.2, 0) is 4.79 Å². The second-order valence-electron chi connectivity index (χ2n) is 4.99. The highest BCUT2D eigenvalue weighted by atomic mass is 32.2. The molecule has 0 radical (unpaired) electrons. The standard InChI is InChI=1S/C12H21N3OS/c13-12(14)17-8-11(16)15-7-3-5-9-4-1-2-6-10(9)15/h9-10H,1-8H2,(H3,13,14). The van der Waals surface area contributed by atoms with E-state index in [1.165, 1.54) is 32.1 Å². The molecule has 1 saturated carbocycles. The number of hydrogen-bond donors (Lipinski definition) is 2. The summed E-state index contributed by atoms with van der Waals surface area (Å²) in [5, 5.41) is 7.19. The van der Waals surface area contributed by atoms with Gasteiger partial charge in [0.15, 0.2) is 5.17 Å². The third-order valence-corrected chi connectivity index (χ3v) is 4.62. The van der Waals surface area contributed by atoms with Gasteiger partial charge in [-0.3, -0.25) is 10.2 Å². The van der Waals surface area contributed by atoms with E-state index in [0.717, 1.165) is 30.6 Å². The van der Waals surface area contributed by atoms with Crippen molar-refractivity contribution in [1.29, 1.82) is 5.41 Å². The van der Waals surface area contributed by atoms with Gasteiger partial charge >= 0.3 is 0 Å². The maximum absolute atomic E-state index is 12.1. The summed E-state index contributed by atoms with van der Waals surface area (Å²) in [5.74, 6) is 1.23. The molecule has 4 nitrogen and oxygen atoms in total. The molecule has 2 rings (SSSR count). The molecule has 1 heterocycles. The first-order chi connectivity index (χ1) is 8.18. The summed E-state index contributed by atoms with van der Waals surface area (Å²) in [6, 6.07) is 0.470. The van der Waals surface area contributed by atoms with Crippen molar-refractivity contribution in [3.8, 4) is 0 Å². The molecule has 96 valence electrons. The molecular formula is C12H21N3OS. The van der Waals surface area contributed by atoms with E-state index < -0.39 is 0 Å². The number of carbonyl (C=O) groups excluding carboxylic acids is 1. The van der Waals surface area contributed by atoms with E-state index in [9.17, 15) is 4.79 Å². The van der Waals surface area contributed by atoms with Crippen molar-refractivity contribution in [2.45, 2.75) is 44.6 Å². The summed E-state index contributed by atoms with van der Waals surface area (Å²) in [4.78, 5) is 14.2. The Bertz CT molecular complexity index is 306. The van der Waals surface area contributed by atoms with Crippen molar-refractivity contribution in [2.75, 3.05) is 12.3 Å². The fourth-order valence-electron chi connectivity index (χ4n) is 3.16. The number of thioether (sulfide) groups is 1. The minimum atomic E-state index is 0.0375. The quantitative estimate of drug-likeness (QED) is 0.584. The summed E-state index contributed by atoms with van der Waals surface area (Å²) in [7, 11) is 0. The van der Waals surface area contributed by atoms with Crippen LogP contribution in [0.3, 0.4) is 0 Å². The van der Waals surface area contributed by atoms with Gasteiger partial charge in [-0.25, -0.2) is 0 Å². The summed E-state index contributed by atoms with van der Waals surface area (Å²) in [6.07, 6.45) is 7.46. The zero-order valence-electron chi connectivity index (χ0n) is 10.2. The second-order valence-corrected chi connectivity index (χ2v) is 6.01. The van der Waals surface area contributed by atoms with E-state index in [2.05, 4.69) is 4.90 Å². The Morgan fingerprint density at radius 3 is 2.76 bits per heavy atom. The topological polar surface area (TPSA) is 70.2 Å². The first-order valence-electron chi connectivity index (χ1n) is 6.45. The van der Waals surface area contributed by atoms with Crippen molar-refractivity contribution in [3.05, 3.63) is 0 Å². The van der Waals surface area contributed by atoms with E-state index in [1.54, 1.807) is 0 Å². The number of carbonyl (C=O) groups is 1. The molecule has 1 amide bonds. The lowest BCUT2D eigenvalue weighted by Crippen LogP contribution is -2.50. The molecule has 2 aliphatic rings. The van der Waals surface area contributed by atoms with Gasteiger partial charge in [0, 0.05) is 12.6 Å². The van der Waals surface area contributed by atoms with Gasteiger partial charge in [-0.15, -0.1) is 0 Å². The molecule has 0 aromatic heterocycles. The van der Waals surface area contributed by atoms with E-state index in [1.807, 2.05) is 0 Å². The summed E-state index contributed by atoms with van der Waals surface area (Å²) in [5.41, 5.74) is 5.28. The number of nitrogens with one attached hydrogen (secondary N) is 1. The first-order valence-corrected chi connectivity index (χ1v) is 7.43. The molecular weight excluding hydrogens is 234 g/mol.